The third-order valence-electron chi connectivity index (χ3n) is 2.20. The Kier molecular flexibility index (Phi) is 8.34. The van der Waals surface area contributed by atoms with E-state index < -0.39 is 0 Å². The van der Waals surface area contributed by atoms with E-state index in [1.165, 1.54) is 31.4 Å². The van der Waals surface area contributed by atoms with Gasteiger partial charge in [0.1, 0.15) is 5.82 Å². The van der Waals surface area contributed by atoms with Crippen molar-refractivity contribution < 1.29 is 4.39 Å². The van der Waals surface area contributed by atoms with Crippen molar-refractivity contribution in [3.8, 4) is 0 Å². The molecule has 0 heterocycles. The van der Waals surface area contributed by atoms with Gasteiger partial charge < -0.3 is 5.32 Å². The van der Waals surface area contributed by atoms with Gasteiger partial charge in [0.15, 0.2) is 0 Å². The second-order valence-corrected chi connectivity index (χ2v) is 3.51. The smallest absolute Gasteiger partial charge is 0.123 e. The van der Waals surface area contributed by atoms with E-state index in [9.17, 15) is 4.39 Å². The molecule has 0 spiro atoms. The van der Waals surface area contributed by atoms with Crippen LogP contribution < -0.4 is 5.32 Å². The average molecular weight is 232 g/mol. The van der Waals surface area contributed by atoms with Crippen LogP contribution in [0.5, 0.6) is 0 Å². The van der Waals surface area contributed by atoms with Crippen molar-refractivity contribution in [2.24, 2.45) is 0 Å². The van der Waals surface area contributed by atoms with Gasteiger partial charge in [-0.3, -0.25) is 0 Å². The van der Waals surface area contributed by atoms with Crippen LogP contribution in [-0.4, -0.2) is 6.54 Å². The first-order chi connectivity index (χ1) is 6.83. The minimum absolute atomic E-state index is 0. The molecule has 1 aromatic rings. The first kappa shape index (κ1) is 14.4. The van der Waals surface area contributed by atoms with Crippen LogP contribution in [-0.2, 0) is 6.54 Å². The van der Waals surface area contributed by atoms with Gasteiger partial charge in [0.25, 0.3) is 0 Å². The van der Waals surface area contributed by atoms with Gasteiger partial charge in [-0.15, -0.1) is 12.4 Å². The SMILES string of the molecule is CCCCCNCc1ccc(F)cc1.Cl. The number of benzene rings is 1. The number of nitrogens with one attached hydrogen (secondary N) is 1. The highest BCUT2D eigenvalue weighted by molar-refractivity contribution is 5.85. The molecule has 3 heteroatoms. The highest BCUT2D eigenvalue weighted by atomic mass is 35.5. The van der Waals surface area contributed by atoms with Crippen molar-refractivity contribution >= 4 is 12.4 Å². The first-order valence-electron chi connectivity index (χ1n) is 5.28. The van der Waals surface area contributed by atoms with E-state index in [2.05, 4.69) is 12.2 Å². The zero-order valence-corrected chi connectivity index (χ0v) is 9.95. The highest BCUT2D eigenvalue weighted by Crippen LogP contribution is 2.02. The monoisotopic (exact) mass is 231 g/mol. The quantitative estimate of drug-likeness (QED) is 0.739. The van der Waals surface area contributed by atoms with E-state index in [1.54, 1.807) is 0 Å². The summed E-state index contributed by atoms with van der Waals surface area (Å²) in [5, 5.41) is 3.33. The highest BCUT2D eigenvalue weighted by Gasteiger charge is 1.93. The van der Waals surface area contributed by atoms with Gasteiger partial charge in [-0.2, -0.15) is 0 Å². The summed E-state index contributed by atoms with van der Waals surface area (Å²) in [4.78, 5) is 0. The largest absolute Gasteiger partial charge is 0.313 e. The molecule has 86 valence electrons. The molecule has 0 unspecified atom stereocenters. The van der Waals surface area contributed by atoms with E-state index in [0.717, 1.165) is 18.7 Å². The van der Waals surface area contributed by atoms with Crippen LogP contribution in [0.1, 0.15) is 31.7 Å². The molecule has 0 saturated carbocycles. The third kappa shape index (κ3) is 6.47. The molecule has 0 atom stereocenters. The molecule has 0 aromatic heterocycles. The zero-order chi connectivity index (χ0) is 10.2. The van der Waals surface area contributed by atoms with Gasteiger partial charge >= 0.3 is 0 Å². The van der Waals surface area contributed by atoms with Gasteiger partial charge in [-0.1, -0.05) is 31.9 Å². The summed E-state index contributed by atoms with van der Waals surface area (Å²) in [5.41, 5.74) is 1.14. The molecular weight excluding hydrogens is 213 g/mol. The van der Waals surface area contributed by atoms with Gasteiger partial charge in [0, 0.05) is 6.54 Å². The number of hydrogen-bond donors (Lipinski definition) is 1. The first-order valence-corrected chi connectivity index (χ1v) is 5.28. The minimum atomic E-state index is -0.167. The second kappa shape index (κ2) is 8.69. The maximum absolute atomic E-state index is 12.6. The minimum Gasteiger partial charge on any atom is -0.313 e. The second-order valence-electron chi connectivity index (χ2n) is 3.51. The summed E-state index contributed by atoms with van der Waals surface area (Å²) in [5.74, 6) is -0.167. The maximum atomic E-state index is 12.6. The van der Waals surface area contributed by atoms with Crippen LogP contribution in [0.3, 0.4) is 0 Å². The Bertz CT molecular complexity index is 248. The molecule has 0 saturated heterocycles. The van der Waals surface area contributed by atoms with Crippen molar-refractivity contribution in [3.63, 3.8) is 0 Å². The molecule has 1 aromatic carbocycles. The van der Waals surface area contributed by atoms with E-state index in [1.807, 2.05) is 12.1 Å². The van der Waals surface area contributed by atoms with E-state index in [-0.39, 0.29) is 18.2 Å². The van der Waals surface area contributed by atoms with Crippen molar-refractivity contribution in [1.82, 2.24) is 5.32 Å². The standard InChI is InChI=1S/C12H18FN.ClH/c1-2-3-4-9-14-10-11-5-7-12(13)8-6-11;/h5-8,14H,2-4,9-10H2,1H3;1H. The fraction of sp³-hybridized carbons (Fsp3) is 0.500. The summed E-state index contributed by atoms with van der Waals surface area (Å²) in [6.45, 7) is 4.08. The lowest BCUT2D eigenvalue weighted by molar-refractivity contribution is 0.611. The van der Waals surface area contributed by atoms with Crippen molar-refractivity contribution in [1.29, 1.82) is 0 Å². The predicted molar refractivity (Wildman–Crippen MR) is 64.9 cm³/mol. The molecule has 0 aliphatic heterocycles. The topological polar surface area (TPSA) is 12.0 Å². The fourth-order valence-corrected chi connectivity index (χ4v) is 1.33. The Morgan fingerprint density at radius 1 is 1.13 bits per heavy atom. The average Bonchev–Trinajstić information content (AvgIpc) is 2.21. The van der Waals surface area contributed by atoms with Crippen LogP contribution in [0.25, 0.3) is 0 Å². The molecule has 0 aliphatic carbocycles. The van der Waals surface area contributed by atoms with Gasteiger partial charge in [-0.05, 0) is 30.7 Å². The number of rotatable bonds is 6. The lowest BCUT2D eigenvalue weighted by Crippen LogP contribution is -2.14. The summed E-state index contributed by atoms with van der Waals surface area (Å²) in [7, 11) is 0. The Morgan fingerprint density at radius 3 is 2.40 bits per heavy atom. The Hall–Kier alpha value is -0.600. The van der Waals surface area contributed by atoms with Crippen molar-refractivity contribution in [2.45, 2.75) is 32.7 Å². The van der Waals surface area contributed by atoms with Gasteiger partial charge in [0.05, 0.1) is 0 Å². The van der Waals surface area contributed by atoms with Crippen LogP contribution >= 0.6 is 12.4 Å². The molecule has 1 rings (SSSR count). The molecular formula is C12H19ClFN. The summed E-state index contributed by atoms with van der Waals surface area (Å²) >= 11 is 0. The summed E-state index contributed by atoms with van der Waals surface area (Å²) < 4.78 is 12.6. The summed E-state index contributed by atoms with van der Waals surface area (Å²) in [6, 6.07) is 6.65. The number of halogens is 2. The fourth-order valence-electron chi connectivity index (χ4n) is 1.33. The summed E-state index contributed by atoms with van der Waals surface area (Å²) in [6.07, 6.45) is 3.74. The van der Waals surface area contributed by atoms with E-state index in [0.29, 0.717) is 0 Å². The molecule has 1 N–H and O–H groups in total. The van der Waals surface area contributed by atoms with Gasteiger partial charge in [0.2, 0.25) is 0 Å². The number of unbranched alkanes of at least 4 members (excludes halogenated alkanes) is 2. The third-order valence-corrected chi connectivity index (χ3v) is 2.20. The van der Waals surface area contributed by atoms with Gasteiger partial charge in [-0.25, -0.2) is 4.39 Å². The maximum Gasteiger partial charge on any atom is 0.123 e. The predicted octanol–water partition coefficient (Wildman–Crippen LogP) is 3.53. The van der Waals surface area contributed by atoms with Crippen molar-refractivity contribution in [3.05, 3.63) is 35.6 Å². The molecule has 0 bridgehead atoms. The zero-order valence-electron chi connectivity index (χ0n) is 9.13. The lowest BCUT2D eigenvalue weighted by atomic mass is 10.2. The Labute approximate surface area is 97.5 Å². The Morgan fingerprint density at radius 2 is 1.80 bits per heavy atom. The molecule has 15 heavy (non-hydrogen) atoms. The lowest BCUT2D eigenvalue weighted by Gasteiger charge is -2.03. The molecule has 0 aliphatic rings. The van der Waals surface area contributed by atoms with Crippen LogP contribution in [0.4, 0.5) is 4.39 Å². The van der Waals surface area contributed by atoms with E-state index >= 15 is 0 Å². The molecule has 0 radical (unpaired) electrons. The van der Waals surface area contributed by atoms with Crippen LogP contribution in [0.15, 0.2) is 24.3 Å². The number of hydrogen-bond acceptors (Lipinski definition) is 1. The van der Waals surface area contributed by atoms with E-state index in [4.69, 9.17) is 0 Å². The van der Waals surface area contributed by atoms with Crippen LogP contribution in [0.2, 0.25) is 0 Å². The van der Waals surface area contributed by atoms with Crippen molar-refractivity contribution in [2.75, 3.05) is 6.54 Å². The molecule has 0 amide bonds. The normalized spacial score (nSPS) is 9.73. The Balaban J connectivity index is 0.00000196. The molecule has 0 fully saturated rings. The van der Waals surface area contributed by atoms with Crippen LogP contribution in [0, 0.1) is 5.82 Å². The molecule has 1 nitrogen and oxygen atoms in total.